The van der Waals surface area contributed by atoms with E-state index in [2.05, 4.69) is 6.92 Å². The molecule has 3 fully saturated rings. The number of carbonyl (C=O) groups is 3. The van der Waals surface area contributed by atoms with Crippen LogP contribution in [-0.4, -0.2) is 35.4 Å². The first-order valence-electron chi connectivity index (χ1n) is 8.91. The van der Waals surface area contributed by atoms with Gasteiger partial charge in [-0.2, -0.15) is 0 Å². The average Bonchev–Trinajstić information content (AvgIpc) is 2.77. The van der Waals surface area contributed by atoms with Gasteiger partial charge in [0, 0.05) is 23.7 Å². The summed E-state index contributed by atoms with van der Waals surface area (Å²) in [5, 5.41) is 11.2. The molecule has 0 aromatic heterocycles. The van der Waals surface area contributed by atoms with Crippen molar-refractivity contribution < 1.29 is 24.2 Å². The quantitative estimate of drug-likeness (QED) is 0.783. The minimum Gasteiger partial charge on any atom is -0.469 e. The van der Waals surface area contributed by atoms with Crippen molar-refractivity contribution in [3.63, 3.8) is 0 Å². The van der Waals surface area contributed by atoms with E-state index in [4.69, 9.17) is 4.74 Å². The highest BCUT2D eigenvalue weighted by Crippen LogP contribution is 2.70. The third-order valence-electron chi connectivity index (χ3n) is 8.07. The lowest BCUT2D eigenvalue weighted by atomic mass is 9.40. The minimum atomic E-state index is -1.29. The molecule has 3 aliphatic rings. The largest absolute Gasteiger partial charge is 0.469 e. The second-order valence-corrected chi connectivity index (χ2v) is 8.72. The Balaban J connectivity index is 2.07. The molecule has 24 heavy (non-hydrogen) atoms. The maximum absolute atomic E-state index is 12.8. The van der Waals surface area contributed by atoms with Crippen molar-refractivity contribution in [1.29, 1.82) is 0 Å². The smallest absolute Gasteiger partial charge is 0.306 e. The molecule has 0 aliphatic heterocycles. The highest BCUT2D eigenvalue weighted by molar-refractivity contribution is 5.92. The van der Waals surface area contributed by atoms with E-state index in [9.17, 15) is 19.5 Å². The maximum Gasteiger partial charge on any atom is 0.306 e. The van der Waals surface area contributed by atoms with Gasteiger partial charge >= 0.3 is 5.97 Å². The van der Waals surface area contributed by atoms with Gasteiger partial charge in [-0.25, -0.2) is 0 Å². The average molecular weight is 336 g/mol. The highest BCUT2D eigenvalue weighted by Gasteiger charge is 2.72. The summed E-state index contributed by atoms with van der Waals surface area (Å²) in [5.74, 6) is -0.352. The first kappa shape index (κ1) is 17.6. The van der Waals surface area contributed by atoms with Crippen LogP contribution in [0.5, 0.6) is 0 Å². The van der Waals surface area contributed by atoms with Crippen molar-refractivity contribution in [1.82, 2.24) is 0 Å². The number of Topliss-reactive ketones (excluding diaryl/α,β-unsaturated/α-hetero) is 2. The SMILES string of the molecule is COC(=O)CC1(C)C(=O)CCC2(C)C1CCC1(O)C(=O)CCC12C. The van der Waals surface area contributed by atoms with Gasteiger partial charge < -0.3 is 9.84 Å². The molecule has 0 amide bonds. The standard InChI is InChI=1S/C19H28O5/c1-16(11-15(22)24-4)12-5-10-19(23)14(21)7-9-18(19,3)17(12,2)8-6-13(16)20/h12,23H,5-11H2,1-4H3. The van der Waals surface area contributed by atoms with E-state index >= 15 is 0 Å². The lowest BCUT2D eigenvalue weighted by Gasteiger charge is -2.64. The van der Waals surface area contributed by atoms with Crippen molar-refractivity contribution >= 4 is 17.5 Å². The van der Waals surface area contributed by atoms with Crippen molar-refractivity contribution in [3.8, 4) is 0 Å². The summed E-state index contributed by atoms with van der Waals surface area (Å²) in [5.41, 5.74) is -2.96. The fourth-order valence-electron chi connectivity index (χ4n) is 6.23. The Bertz CT molecular complexity index is 613. The molecular formula is C19H28O5. The molecule has 5 nitrogen and oxygen atoms in total. The Morgan fingerprint density at radius 1 is 1.12 bits per heavy atom. The van der Waals surface area contributed by atoms with Crippen LogP contribution >= 0.6 is 0 Å². The van der Waals surface area contributed by atoms with E-state index < -0.39 is 16.4 Å². The van der Waals surface area contributed by atoms with E-state index in [0.29, 0.717) is 38.5 Å². The van der Waals surface area contributed by atoms with Crippen LogP contribution in [0.25, 0.3) is 0 Å². The lowest BCUT2D eigenvalue weighted by Crippen LogP contribution is -2.66. The number of rotatable bonds is 2. The first-order valence-corrected chi connectivity index (χ1v) is 8.91. The number of hydrogen-bond acceptors (Lipinski definition) is 5. The van der Waals surface area contributed by atoms with E-state index in [1.807, 2.05) is 13.8 Å². The Hall–Kier alpha value is -1.23. The Morgan fingerprint density at radius 3 is 2.38 bits per heavy atom. The van der Waals surface area contributed by atoms with Crippen molar-refractivity contribution in [2.45, 2.75) is 71.3 Å². The predicted molar refractivity (Wildman–Crippen MR) is 87.1 cm³/mol. The van der Waals surface area contributed by atoms with Gasteiger partial charge in [0.2, 0.25) is 0 Å². The van der Waals surface area contributed by atoms with Crippen LogP contribution in [-0.2, 0) is 19.1 Å². The molecule has 3 aliphatic carbocycles. The Labute approximate surface area is 143 Å². The molecule has 3 saturated carbocycles. The van der Waals surface area contributed by atoms with E-state index in [1.54, 1.807) is 0 Å². The summed E-state index contributed by atoms with van der Waals surface area (Å²) in [7, 11) is 1.34. The molecule has 5 atom stereocenters. The number of ketones is 2. The molecular weight excluding hydrogens is 308 g/mol. The first-order chi connectivity index (χ1) is 11.0. The number of hydrogen-bond donors (Lipinski definition) is 1. The molecule has 0 radical (unpaired) electrons. The zero-order valence-electron chi connectivity index (χ0n) is 15.1. The topological polar surface area (TPSA) is 80.7 Å². The van der Waals surface area contributed by atoms with Crippen LogP contribution in [0.2, 0.25) is 0 Å². The number of aliphatic hydroxyl groups is 1. The number of esters is 1. The van der Waals surface area contributed by atoms with Crippen molar-refractivity contribution in [2.75, 3.05) is 7.11 Å². The summed E-state index contributed by atoms with van der Waals surface area (Å²) in [6.45, 7) is 6.00. The summed E-state index contributed by atoms with van der Waals surface area (Å²) >= 11 is 0. The summed E-state index contributed by atoms with van der Waals surface area (Å²) in [4.78, 5) is 37.1. The Kier molecular flexibility index (Phi) is 3.76. The molecule has 0 bridgehead atoms. The van der Waals surface area contributed by atoms with Gasteiger partial charge in [-0.1, -0.05) is 20.8 Å². The molecule has 0 spiro atoms. The summed E-state index contributed by atoms with van der Waals surface area (Å²) in [6, 6.07) is 0. The second-order valence-electron chi connectivity index (χ2n) is 8.72. The van der Waals surface area contributed by atoms with Crippen LogP contribution in [0.15, 0.2) is 0 Å². The van der Waals surface area contributed by atoms with Gasteiger partial charge in [0.25, 0.3) is 0 Å². The number of methoxy groups -OCH3 is 1. The minimum absolute atomic E-state index is 0.0264. The third kappa shape index (κ3) is 1.88. The summed E-state index contributed by atoms with van der Waals surface area (Å²) in [6.07, 6.45) is 3.15. The van der Waals surface area contributed by atoms with Crippen LogP contribution in [0.3, 0.4) is 0 Å². The fourth-order valence-corrected chi connectivity index (χ4v) is 6.23. The van der Waals surface area contributed by atoms with Crippen LogP contribution in [0.1, 0.15) is 65.7 Å². The number of carbonyl (C=O) groups excluding carboxylic acids is 3. The van der Waals surface area contributed by atoms with Gasteiger partial charge in [-0.3, -0.25) is 14.4 Å². The zero-order chi connectivity index (χ0) is 18.0. The van der Waals surface area contributed by atoms with Crippen LogP contribution < -0.4 is 0 Å². The fraction of sp³-hybridized carbons (Fsp3) is 0.842. The molecule has 5 unspecified atom stereocenters. The number of ether oxygens (including phenoxy) is 1. The molecule has 134 valence electrons. The predicted octanol–water partition coefficient (Wildman–Crippen LogP) is 2.44. The molecule has 3 rings (SSSR count). The van der Waals surface area contributed by atoms with Gasteiger partial charge in [0.1, 0.15) is 11.4 Å². The van der Waals surface area contributed by atoms with Crippen molar-refractivity contribution in [2.24, 2.45) is 22.2 Å². The second kappa shape index (κ2) is 5.13. The molecule has 0 aromatic rings. The normalized spacial score (nSPS) is 48.0. The highest BCUT2D eigenvalue weighted by atomic mass is 16.5. The summed E-state index contributed by atoms with van der Waals surface area (Å²) < 4.78 is 4.83. The van der Waals surface area contributed by atoms with Gasteiger partial charge in [-0.05, 0) is 37.0 Å². The van der Waals surface area contributed by atoms with Crippen molar-refractivity contribution in [3.05, 3.63) is 0 Å². The van der Waals surface area contributed by atoms with Gasteiger partial charge in [0.15, 0.2) is 5.78 Å². The molecule has 0 aromatic carbocycles. The molecule has 5 heteroatoms. The van der Waals surface area contributed by atoms with Crippen LogP contribution in [0, 0.1) is 22.2 Å². The van der Waals surface area contributed by atoms with Gasteiger partial charge in [0.05, 0.1) is 13.5 Å². The van der Waals surface area contributed by atoms with Gasteiger partial charge in [-0.15, -0.1) is 0 Å². The van der Waals surface area contributed by atoms with E-state index in [0.717, 1.165) is 0 Å². The Morgan fingerprint density at radius 2 is 1.75 bits per heavy atom. The molecule has 0 saturated heterocycles. The maximum atomic E-state index is 12.8. The van der Waals surface area contributed by atoms with E-state index in [1.165, 1.54) is 7.11 Å². The monoisotopic (exact) mass is 336 g/mol. The number of fused-ring (bicyclic) bond motifs is 3. The van der Waals surface area contributed by atoms with E-state index in [-0.39, 0.29) is 35.3 Å². The molecule has 0 heterocycles. The zero-order valence-corrected chi connectivity index (χ0v) is 15.1. The van der Waals surface area contributed by atoms with Crippen LogP contribution in [0.4, 0.5) is 0 Å². The lowest BCUT2D eigenvalue weighted by molar-refractivity contribution is -0.213. The third-order valence-corrected chi connectivity index (χ3v) is 8.07. The molecule has 1 N–H and O–H groups in total.